The van der Waals surface area contributed by atoms with Gasteiger partial charge in [-0.15, -0.1) is 0 Å². The molecule has 2 atom stereocenters. The highest BCUT2D eigenvalue weighted by atomic mass is 32.2. The van der Waals surface area contributed by atoms with Crippen molar-refractivity contribution >= 4 is 16.0 Å². The SMILES string of the molecule is CS(=O)(=O)NC(COc1ccc(C(=O)OCc2ccccc2)cc1)OC1CCCCO1. The standard InChI is InChI=1S/C22H27NO7S/c1-31(25,26)23-20(30-21-9-5-6-14-27-21)16-28-19-12-10-18(11-13-19)22(24)29-15-17-7-3-2-4-8-17/h2-4,7-8,10-13,20-21,23H,5-6,9,14-16H2,1H3. The maximum Gasteiger partial charge on any atom is 0.338 e. The van der Waals surface area contributed by atoms with Gasteiger partial charge in [0.25, 0.3) is 0 Å². The molecule has 1 fully saturated rings. The fourth-order valence-electron chi connectivity index (χ4n) is 3.01. The average molecular weight is 450 g/mol. The van der Waals surface area contributed by atoms with Crippen LogP contribution in [-0.2, 0) is 30.8 Å². The molecule has 0 saturated carbocycles. The van der Waals surface area contributed by atoms with Crippen LogP contribution in [0.5, 0.6) is 5.75 Å². The third kappa shape index (κ3) is 8.29. The highest BCUT2D eigenvalue weighted by Gasteiger charge is 2.23. The Morgan fingerprint density at radius 3 is 2.52 bits per heavy atom. The summed E-state index contributed by atoms with van der Waals surface area (Å²) in [5.41, 5.74) is 1.29. The van der Waals surface area contributed by atoms with E-state index in [0.29, 0.717) is 24.3 Å². The minimum absolute atomic E-state index is 0.0509. The largest absolute Gasteiger partial charge is 0.489 e. The summed E-state index contributed by atoms with van der Waals surface area (Å²) in [5, 5.41) is 0. The van der Waals surface area contributed by atoms with Crippen molar-refractivity contribution in [2.45, 2.75) is 38.4 Å². The Morgan fingerprint density at radius 2 is 1.87 bits per heavy atom. The van der Waals surface area contributed by atoms with E-state index in [0.717, 1.165) is 24.7 Å². The molecule has 2 unspecified atom stereocenters. The van der Waals surface area contributed by atoms with Crippen LogP contribution in [-0.4, -0.2) is 46.4 Å². The molecule has 3 rings (SSSR count). The molecule has 1 aliphatic heterocycles. The number of ether oxygens (including phenoxy) is 4. The van der Waals surface area contributed by atoms with Gasteiger partial charge in [0, 0.05) is 6.61 Å². The lowest BCUT2D eigenvalue weighted by atomic mass is 10.2. The molecule has 168 valence electrons. The van der Waals surface area contributed by atoms with E-state index in [1.807, 2.05) is 30.3 Å². The lowest BCUT2D eigenvalue weighted by Gasteiger charge is -2.27. The quantitative estimate of drug-likeness (QED) is 0.440. The number of carbonyl (C=O) groups excluding carboxylic acids is 1. The molecule has 1 aliphatic rings. The van der Waals surface area contributed by atoms with Crippen molar-refractivity contribution in [2.75, 3.05) is 19.5 Å². The molecule has 0 aliphatic carbocycles. The van der Waals surface area contributed by atoms with E-state index in [1.165, 1.54) is 0 Å². The fraction of sp³-hybridized carbons (Fsp3) is 0.409. The van der Waals surface area contributed by atoms with Crippen LogP contribution in [0.15, 0.2) is 54.6 Å². The van der Waals surface area contributed by atoms with Crippen molar-refractivity contribution in [2.24, 2.45) is 0 Å². The van der Waals surface area contributed by atoms with Gasteiger partial charge in [0.15, 0.2) is 12.5 Å². The summed E-state index contributed by atoms with van der Waals surface area (Å²) < 4.78 is 47.9. The fourth-order valence-corrected chi connectivity index (χ4v) is 3.61. The van der Waals surface area contributed by atoms with Crippen LogP contribution < -0.4 is 9.46 Å². The van der Waals surface area contributed by atoms with Crippen molar-refractivity contribution in [1.29, 1.82) is 0 Å². The Kier molecular flexibility index (Phi) is 8.42. The molecule has 0 spiro atoms. The van der Waals surface area contributed by atoms with E-state index in [1.54, 1.807) is 24.3 Å². The Balaban J connectivity index is 1.52. The summed E-state index contributed by atoms with van der Waals surface area (Å²) >= 11 is 0. The van der Waals surface area contributed by atoms with Crippen LogP contribution in [0.3, 0.4) is 0 Å². The molecule has 2 aromatic rings. The van der Waals surface area contributed by atoms with Gasteiger partial charge in [-0.2, -0.15) is 4.72 Å². The lowest BCUT2D eigenvalue weighted by Crippen LogP contribution is -2.43. The maximum atomic E-state index is 12.2. The number of hydrogen-bond acceptors (Lipinski definition) is 7. The maximum absolute atomic E-state index is 12.2. The number of benzene rings is 2. The predicted octanol–water partition coefficient (Wildman–Crippen LogP) is 2.84. The lowest BCUT2D eigenvalue weighted by molar-refractivity contribution is -0.195. The first-order valence-electron chi connectivity index (χ1n) is 10.1. The normalized spacial score (nSPS) is 17.6. The minimum Gasteiger partial charge on any atom is -0.489 e. The zero-order chi connectivity index (χ0) is 22.1. The first kappa shape index (κ1) is 23.2. The van der Waals surface area contributed by atoms with E-state index in [2.05, 4.69) is 4.72 Å². The molecule has 0 amide bonds. The van der Waals surface area contributed by atoms with E-state index in [4.69, 9.17) is 18.9 Å². The van der Waals surface area contributed by atoms with Gasteiger partial charge in [0.1, 0.15) is 19.0 Å². The second-order valence-corrected chi connectivity index (χ2v) is 8.99. The van der Waals surface area contributed by atoms with Gasteiger partial charge in [-0.1, -0.05) is 30.3 Å². The number of rotatable bonds is 10. The van der Waals surface area contributed by atoms with Gasteiger partial charge >= 0.3 is 5.97 Å². The van der Waals surface area contributed by atoms with Crippen LogP contribution in [0.4, 0.5) is 0 Å². The first-order chi connectivity index (χ1) is 14.9. The van der Waals surface area contributed by atoms with Crippen molar-refractivity contribution in [1.82, 2.24) is 4.72 Å². The number of nitrogens with one attached hydrogen (secondary N) is 1. The number of esters is 1. The summed E-state index contributed by atoms with van der Waals surface area (Å²) in [6, 6.07) is 15.8. The number of sulfonamides is 1. The molecular weight excluding hydrogens is 422 g/mol. The topological polar surface area (TPSA) is 100 Å². The predicted molar refractivity (Wildman–Crippen MR) is 114 cm³/mol. The Labute approximate surface area is 182 Å². The summed E-state index contributed by atoms with van der Waals surface area (Å²) in [6.07, 6.45) is 2.30. The minimum atomic E-state index is -3.50. The van der Waals surface area contributed by atoms with E-state index in [-0.39, 0.29) is 13.2 Å². The van der Waals surface area contributed by atoms with Crippen LogP contribution in [0.1, 0.15) is 35.2 Å². The van der Waals surface area contributed by atoms with E-state index in [9.17, 15) is 13.2 Å². The zero-order valence-corrected chi connectivity index (χ0v) is 18.2. The Hall–Kier alpha value is -2.46. The van der Waals surface area contributed by atoms with Gasteiger partial charge in [-0.05, 0) is 49.1 Å². The number of hydrogen-bond donors (Lipinski definition) is 1. The zero-order valence-electron chi connectivity index (χ0n) is 17.4. The van der Waals surface area contributed by atoms with Crippen molar-refractivity contribution in [3.05, 3.63) is 65.7 Å². The number of carbonyl (C=O) groups is 1. The van der Waals surface area contributed by atoms with Crippen molar-refractivity contribution in [3.8, 4) is 5.75 Å². The van der Waals surface area contributed by atoms with Gasteiger partial charge in [-0.3, -0.25) is 0 Å². The smallest absolute Gasteiger partial charge is 0.338 e. The molecule has 0 bridgehead atoms. The molecule has 2 aromatic carbocycles. The van der Waals surface area contributed by atoms with Gasteiger partial charge < -0.3 is 18.9 Å². The van der Waals surface area contributed by atoms with Crippen LogP contribution in [0.2, 0.25) is 0 Å². The Morgan fingerprint density at radius 1 is 1.13 bits per heavy atom. The monoisotopic (exact) mass is 449 g/mol. The first-order valence-corrected chi connectivity index (χ1v) is 12.0. The van der Waals surface area contributed by atoms with Crippen molar-refractivity contribution in [3.63, 3.8) is 0 Å². The third-order valence-electron chi connectivity index (χ3n) is 4.50. The summed E-state index contributed by atoms with van der Waals surface area (Å²) in [7, 11) is -3.50. The van der Waals surface area contributed by atoms with Gasteiger partial charge in [0.05, 0.1) is 11.8 Å². The molecule has 31 heavy (non-hydrogen) atoms. The molecular formula is C22H27NO7S. The molecule has 1 N–H and O–H groups in total. The summed E-state index contributed by atoms with van der Waals surface area (Å²) in [6.45, 7) is 0.723. The van der Waals surface area contributed by atoms with E-state index >= 15 is 0 Å². The molecule has 9 heteroatoms. The van der Waals surface area contributed by atoms with Gasteiger partial charge in [-0.25, -0.2) is 13.2 Å². The van der Waals surface area contributed by atoms with Gasteiger partial charge in [0.2, 0.25) is 10.0 Å². The molecule has 1 heterocycles. The van der Waals surface area contributed by atoms with Crippen LogP contribution in [0.25, 0.3) is 0 Å². The second kappa shape index (κ2) is 11.2. The van der Waals surface area contributed by atoms with Crippen LogP contribution >= 0.6 is 0 Å². The molecule has 8 nitrogen and oxygen atoms in total. The second-order valence-electron chi connectivity index (χ2n) is 7.21. The molecule has 0 radical (unpaired) electrons. The summed E-state index contributed by atoms with van der Waals surface area (Å²) in [5.74, 6) is 0.0258. The highest BCUT2D eigenvalue weighted by Crippen LogP contribution is 2.17. The third-order valence-corrected chi connectivity index (χ3v) is 5.19. The van der Waals surface area contributed by atoms with E-state index < -0.39 is 28.5 Å². The Bertz CT molecular complexity index is 926. The van der Waals surface area contributed by atoms with Crippen LogP contribution in [0, 0.1) is 0 Å². The average Bonchev–Trinajstić information content (AvgIpc) is 2.76. The molecule has 0 aromatic heterocycles. The summed E-state index contributed by atoms with van der Waals surface area (Å²) in [4.78, 5) is 12.2. The van der Waals surface area contributed by atoms with Crippen molar-refractivity contribution < 1.29 is 32.2 Å². The highest BCUT2D eigenvalue weighted by molar-refractivity contribution is 7.88. The molecule has 1 saturated heterocycles.